The zero-order valence-corrected chi connectivity index (χ0v) is 17.7. The van der Waals surface area contributed by atoms with Gasteiger partial charge in [0.1, 0.15) is 29.5 Å². The fraction of sp³-hybridized carbons (Fsp3) is 0.273. The van der Waals surface area contributed by atoms with Crippen LogP contribution in [0, 0.1) is 6.92 Å². The highest BCUT2D eigenvalue weighted by atomic mass is 19.4. The van der Waals surface area contributed by atoms with Gasteiger partial charge < -0.3 is 19.9 Å². The van der Waals surface area contributed by atoms with Crippen LogP contribution >= 0.6 is 0 Å². The predicted octanol–water partition coefficient (Wildman–Crippen LogP) is 3.78. The number of carbonyl (C=O) groups excluding carboxylic acids is 1. The number of piperazine rings is 1. The molecule has 0 aliphatic carbocycles. The van der Waals surface area contributed by atoms with E-state index in [2.05, 4.69) is 25.0 Å². The summed E-state index contributed by atoms with van der Waals surface area (Å²) in [6.07, 6.45) is -1.59. The van der Waals surface area contributed by atoms with Crippen LogP contribution in [0.2, 0.25) is 0 Å². The van der Waals surface area contributed by atoms with Gasteiger partial charge in [-0.05, 0) is 48.9 Å². The normalized spacial score (nSPS) is 14.2. The number of halogens is 3. The van der Waals surface area contributed by atoms with E-state index < -0.39 is 6.36 Å². The van der Waals surface area contributed by atoms with Crippen molar-refractivity contribution in [2.45, 2.75) is 13.3 Å². The average molecular weight is 458 g/mol. The van der Waals surface area contributed by atoms with Crippen molar-refractivity contribution in [3.8, 4) is 5.75 Å². The zero-order valence-electron chi connectivity index (χ0n) is 17.7. The highest BCUT2D eigenvalue weighted by Crippen LogP contribution is 2.24. The van der Waals surface area contributed by atoms with Crippen LogP contribution in [0.15, 0.2) is 55.0 Å². The van der Waals surface area contributed by atoms with Crippen LogP contribution in [0.3, 0.4) is 0 Å². The molecule has 1 fully saturated rings. The van der Waals surface area contributed by atoms with E-state index in [0.717, 1.165) is 23.5 Å². The Hall–Kier alpha value is -3.89. The number of carbonyl (C=O) groups is 1. The quantitative estimate of drug-likeness (QED) is 0.623. The summed E-state index contributed by atoms with van der Waals surface area (Å²) < 4.78 is 40.7. The summed E-state index contributed by atoms with van der Waals surface area (Å²) >= 11 is 0. The van der Waals surface area contributed by atoms with Gasteiger partial charge in [0.25, 0.3) is 5.91 Å². The topological polar surface area (TPSA) is 83.5 Å². The van der Waals surface area contributed by atoms with Gasteiger partial charge in [-0.1, -0.05) is 0 Å². The van der Waals surface area contributed by atoms with E-state index in [1.54, 1.807) is 11.1 Å². The highest BCUT2D eigenvalue weighted by Gasteiger charge is 2.31. The molecule has 1 aliphatic rings. The monoisotopic (exact) mass is 458 g/mol. The number of nitrogens with zero attached hydrogens (tertiary/aromatic N) is 5. The first-order valence-electron chi connectivity index (χ1n) is 10.2. The number of aromatic nitrogens is 3. The van der Waals surface area contributed by atoms with Crippen LogP contribution in [0.4, 0.5) is 30.6 Å². The smallest absolute Gasteiger partial charge is 0.406 e. The Labute approximate surface area is 188 Å². The van der Waals surface area contributed by atoms with Gasteiger partial charge in [-0.15, -0.1) is 13.2 Å². The summed E-state index contributed by atoms with van der Waals surface area (Å²) in [5.41, 5.74) is 1.38. The van der Waals surface area contributed by atoms with Gasteiger partial charge in [0.05, 0.1) is 0 Å². The molecule has 1 aromatic carbocycles. The molecule has 3 heterocycles. The molecule has 1 amide bonds. The Balaban J connectivity index is 1.35. The van der Waals surface area contributed by atoms with E-state index in [1.165, 1.54) is 18.5 Å². The van der Waals surface area contributed by atoms with Crippen molar-refractivity contribution in [3.63, 3.8) is 0 Å². The van der Waals surface area contributed by atoms with Gasteiger partial charge in [0, 0.05) is 44.0 Å². The third kappa shape index (κ3) is 5.88. The van der Waals surface area contributed by atoms with E-state index >= 15 is 0 Å². The van der Waals surface area contributed by atoms with Crippen molar-refractivity contribution < 1.29 is 22.7 Å². The second-order valence-corrected chi connectivity index (χ2v) is 7.46. The first-order chi connectivity index (χ1) is 15.8. The molecule has 1 N–H and O–H groups in total. The number of rotatable bonds is 5. The van der Waals surface area contributed by atoms with Crippen LogP contribution in [-0.4, -0.2) is 58.3 Å². The fourth-order valence-electron chi connectivity index (χ4n) is 3.44. The first kappa shape index (κ1) is 22.3. The van der Waals surface area contributed by atoms with Crippen LogP contribution in [-0.2, 0) is 0 Å². The standard InChI is InChI=1S/C22H21F3N6O2/c1-15-6-7-26-18(12-15)29-19-13-20(28-14-27-19)30-8-10-31(11-9-30)21(32)16-2-4-17(5-3-16)33-22(23,24)25/h2-7,12-14H,8-11H2,1H3,(H,26,27,28,29). The van der Waals surface area contributed by atoms with Crippen molar-refractivity contribution in [3.05, 3.63) is 66.1 Å². The van der Waals surface area contributed by atoms with Crippen molar-refractivity contribution in [1.29, 1.82) is 0 Å². The second kappa shape index (κ2) is 9.31. The van der Waals surface area contributed by atoms with E-state index in [0.29, 0.717) is 43.4 Å². The van der Waals surface area contributed by atoms with Crippen LogP contribution in [0.1, 0.15) is 15.9 Å². The third-order valence-corrected chi connectivity index (χ3v) is 5.05. The largest absolute Gasteiger partial charge is 0.573 e. The molecule has 4 rings (SSSR count). The molecule has 2 aromatic heterocycles. The summed E-state index contributed by atoms with van der Waals surface area (Å²) in [7, 11) is 0. The number of nitrogens with one attached hydrogen (secondary N) is 1. The lowest BCUT2D eigenvalue weighted by Crippen LogP contribution is -2.49. The van der Waals surface area contributed by atoms with Crippen LogP contribution in [0.25, 0.3) is 0 Å². The minimum atomic E-state index is -4.77. The number of pyridine rings is 1. The number of hydrogen-bond donors (Lipinski definition) is 1. The van der Waals surface area contributed by atoms with Gasteiger partial charge in [-0.3, -0.25) is 4.79 Å². The molecule has 0 unspecified atom stereocenters. The first-order valence-corrected chi connectivity index (χ1v) is 10.2. The van der Waals surface area contributed by atoms with E-state index in [1.807, 2.05) is 30.0 Å². The SMILES string of the molecule is Cc1ccnc(Nc2cc(N3CCN(C(=O)c4ccc(OC(F)(F)F)cc4)CC3)ncn2)c1. The molecule has 8 nitrogen and oxygen atoms in total. The number of aryl methyl sites for hydroxylation is 1. The lowest BCUT2D eigenvalue weighted by molar-refractivity contribution is -0.274. The van der Waals surface area contributed by atoms with E-state index in [9.17, 15) is 18.0 Å². The molecule has 0 saturated carbocycles. The third-order valence-electron chi connectivity index (χ3n) is 5.05. The molecule has 1 saturated heterocycles. The molecule has 0 bridgehead atoms. The summed E-state index contributed by atoms with van der Waals surface area (Å²) in [5.74, 6) is 1.40. The number of ether oxygens (including phenoxy) is 1. The lowest BCUT2D eigenvalue weighted by Gasteiger charge is -2.35. The van der Waals surface area contributed by atoms with Crippen molar-refractivity contribution in [2.24, 2.45) is 0 Å². The molecule has 172 valence electrons. The maximum Gasteiger partial charge on any atom is 0.573 e. The Morgan fingerprint density at radius 2 is 1.67 bits per heavy atom. The summed E-state index contributed by atoms with van der Waals surface area (Å²) in [6.45, 7) is 3.99. The molecule has 11 heteroatoms. The predicted molar refractivity (Wildman–Crippen MR) is 116 cm³/mol. The molecule has 3 aromatic rings. The number of benzene rings is 1. The Bertz CT molecular complexity index is 1120. The Kier molecular flexibility index (Phi) is 6.29. The fourth-order valence-corrected chi connectivity index (χ4v) is 3.44. The van der Waals surface area contributed by atoms with Crippen LogP contribution in [0.5, 0.6) is 5.75 Å². The van der Waals surface area contributed by atoms with Gasteiger partial charge in [0.2, 0.25) is 0 Å². The lowest BCUT2D eigenvalue weighted by atomic mass is 10.1. The number of hydrogen-bond acceptors (Lipinski definition) is 7. The minimum absolute atomic E-state index is 0.247. The van der Waals surface area contributed by atoms with Crippen LogP contribution < -0.4 is 15.0 Å². The zero-order chi connectivity index (χ0) is 23.4. The van der Waals surface area contributed by atoms with Crippen molar-refractivity contribution in [1.82, 2.24) is 19.9 Å². The maximum atomic E-state index is 12.7. The molecule has 0 radical (unpaired) electrons. The van der Waals surface area contributed by atoms with Crippen molar-refractivity contribution >= 4 is 23.4 Å². The Morgan fingerprint density at radius 3 is 2.33 bits per heavy atom. The molecule has 33 heavy (non-hydrogen) atoms. The maximum absolute atomic E-state index is 12.7. The van der Waals surface area contributed by atoms with Gasteiger partial charge in [0.15, 0.2) is 0 Å². The van der Waals surface area contributed by atoms with Gasteiger partial charge in [-0.2, -0.15) is 0 Å². The summed E-state index contributed by atoms with van der Waals surface area (Å²) in [6, 6.07) is 10.6. The van der Waals surface area contributed by atoms with Gasteiger partial charge in [-0.25, -0.2) is 15.0 Å². The minimum Gasteiger partial charge on any atom is -0.406 e. The molecule has 1 aliphatic heterocycles. The van der Waals surface area contributed by atoms with E-state index in [-0.39, 0.29) is 11.7 Å². The summed E-state index contributed by atoms with van der Waals surface area (Å²) in [4.78, 5) is 29.3. The molecule has 0 spiro atoms. The van der Waals surface area contributed by atoms with Gasteiger partial charge >= 0.3 is 6.36 Å². The highest BCUT2D eigenvalue weighted by molar-refractivity contribution is 5.94. The average Bonchev–Trinajstić information content (AvgIpc) is 2.78. The number of amides is 1. The summed E-state index contributed by atoms with van der Waals surface area (Å²) in [5, 5.41) is 3.16. The number of alkyl halides is 3. The van der Waals surface area contributed by atoms with Crippen molar-refractivity contribution in [2.75, 3.05) is 36.4 Å². The second-order valence-electron chi connectivity index (χ2n) is 7.46. The Morgan fingerprint density at radius 1 is 0.970 bits per heavy atom. The molecular formula is C22H21F3N6O2. The van der Waals surface area contributed by atoms with E-state index in [4.69, 9.17) is 0 Å². The number of anilines is 3. The molecule has 0 atom stereocenters. The molecular weight excluding hydrogens is 437 g/mol.